The third-order valence-corrected chi connectivity index (χ3v) is 5.97. The summed E-state index contributed by atoms with van der Waals surface area (Å²) in [5, 5.41) is 9.02. The summed E-state index contributed by atoms with van der Waals surface area (Å²) >= 11 is 0. The standard InChI is InChI=1S/C16H16FN3O2S/c1-3-23(21,22)20-7-6-11-8-12(9-14(17)16(11)20)15-5-4-13(10-18)19(15)2/h4-5,8-9H,3,6-7H2,1-2H3. The number of rotatable bonds is 3. The Morgan fingerprint density at radius 1 is 1.35 bits per heavy atom. The molecule has 1 aliphatic heterocycles. The molecule has 1 aromatic carbocycles. The van der Waals surface area contributed by atoms with Gasteiger partial charge in [0, 0.05) is 24.8 Å². The van der Waals surface area contributed by atoms with Crippen molar-refractivity contribution in [2.24, 2.45) is 7.05 Å². The third-order valence-electron chi connectivity index (χ3n) is 4.21. The second-order valence-corrected chi connectivity index (χ2v) is 7.65. The number of hydrogen-bond acceptors (Lipinski definition) is 3. The third kappa shape index (κ3) is 2.39. The van der Waals surface area contributed by atoms with Crippen LogP contribution in [0.4, 0.5) is 10.1 Å². The van der Waals surface area contributed by atoms with Crippen molar-refractivity contribution in [3.8, 4) is 17.3 Å². The normalized spacial score (nSPS) is 13.9. The molecule has 0 aliphatic carbocycles. The number of aromatic nitrogens is 1. The first kappa shape index (κ1) is 15.6. The van der Waals surface area contributed by atoms with Crippen molar-refractivity contribution in [3.05, 3.63) is 41.3 Å². The van der Waals surface area contributed by atoms with Gasteiger partial charge in [0.05, 0.1) is 11.4 Å². The van der Waals surface area contributed by atoms with Gasteiger partial charge >= 0.3 is 0 Å². The van der Waals surface area contributed by atoms with Crippen LogP contribution >= 0.6 is 0 Å². The first-order valence-electron chi connectivity index (χ1n) is 7.28. The molecule has 3 rings (SSSR count). The highest BCUT2D eigenvalue weighted by atomic mass is 32.2. The number of fused-ring (bicyclic) bond motifs is 1. The minimum absolute atomic E-state index is 0.0586. The van der Waals surface area contributed by atoms with Crippen molar-refractivity contribution in [2.75, 3.05) is 16.6 Å². The molecule has 0 bridgehead atoms. The van der Waals surface area contributed by atoms with Gasteiger partial charge < -0.3 is 4.57 Å². The smallest absolute Gasteiger partial charge is 0.234 e. The molecule has 0 saturated carbocycles. The summed E-state index contributed by atoms with van der Waals surface area (Å²) in [6.45, 7) is 1.81. The summed E-state index contributed by atoms with van der Waals surface area (Å²) in [7, 11) is -1.73. The lowest BCUT2D eigenvalue weighted by atomic mass is 10.1. The molecule has 0 spiro atoms. The van der Waals surface area contributed by atoms with E-state index < -0.39 is 15.8 Å². The fourth-order valence-corrected chi connectivity index (χ4v) is 4.12. The van der Waals surface area contributed by atoms with Gasteiger partial charge in [0.25, 0.3) is 0 Å². The van der Waals surface area contributed by atoms with Crippen LogP contribution in [0.1, 0.15) is 18.2 Å². The van der Waals surface area contributed by atoms with E-state index in [0.29, 0.717) is 23.2 Å². The summed E-state index contributed by atoms with van der Waals surface area (Å²) < 4.78 is 41.6. The molecule has 0 saturated heterocycles. The average Bonchev–Trinajstić information content (AvgIpc) is 3.11. The Kier molecular flexibility index (Phi) is 3.65. The van der Waals surface area contributed by atoms with Crippen LogP contribution in [0.3, 0.4) is 0 Å². The van der Waals surface area contributed by atoms with Crippen LogP contribution in [0, 0.1) is 17.1 Å². The van der Waals surface area contributed by atoms with E-state index in [1.54, 1.807) is 36.7 Å². The lowest BCUT2D eigenvalue weighted by Crippen LogP contribution is -2.31. The summed E-state index contributed by atoms with van der Waals surface area (Å²) in [6.07, 6.45) is 0.481. The van der Waals surface area contributed by atoms with Crippen LogP contribution in [-0.2, 0) is 23.5 Å². The van der Waals surface area contributed by atoms with E-state index in [2.05, 4.69) is 6.07 Å². The number of halogens is 1. The SMILES string of the molecule is CCS(=O)(=O)N1CCc2cc(-c3ccc(C#N)n3C)cc(F)c21. The molecule has 2 aromatic rings. The fraction of sp³-hybridized carbons (Fsp3) is 0.312. The highest BCUT2D eigenvalue weighted by Crippen LogP contribution is 2.37. The zero-order valence-corrected chi connectivity index (χ0v) is 13.7. The quantitative estimate of drug-likeness (QED) is 0.866. The Balaban J connectivity index is 2.12. The van der Waals surface area contributed by atoms with Crippen molar-refractivity contribution in [1.82, 2.24) is 4.57 Å². The average molecular weight is 333 g/mol. The van der Waals surface area contributed by atoms with Gasteiger partial charge in [0.2, 0.25) is 10.0 Å². The second kappa shape index (κ2) is 5.39. The van der Waals surface area contributed by atoms with Crippen LogP contribution in [-0.4, -0.2) is 25.3 Å². The van der Waals surface area contributed by atoms with E-state index in [0.717, 1.165) is 10.00 Å². The van der Waals surface area contributed by atoms with Gasteiger partial charge in [-0.25, -0.2) is 12.8 Å². The molecule has 2 heterocycles. The van der Waals surface area contributed by atoms with Crippen LogP contribution in [0.15, 0.2) is 24.3 Å². The topological polar surface area (TPSA) is 66.1 Å². The molecule has 5 nitrogen and oxygen atoms in total. The summed E-state index contributed by atoms with van der Waals surface area (Å²) in [4.78, 5) is 0. The van der Waals surface area contributed by atoms with E-state index in [9.17, 15) is 12.8 Å². The van der Waals surface area contributed by atoms with E-state index in [4.69, 9.17) is 5.26 Å². The second-order valence-electron chi connectivity index (χ2n) is 5.46. The monoisotopic (exact) mass is 333 g/mol. The Morgan fingerprint density at radius 3 is 2.70 bits per heavy atom. The zero-order valence-electron chi connectivity index (χ0n) is 12.9. The van der Waals surface area contributed by atoms with Gasteiger partial charge in [-0.3, -0.25) is 4.31 Å². The van der Waals surface area contributed by atoms with Crippen molar-refractivity contribution < 1.29 is 12.8 Å². The molecule has 0 fully saturated rings. The Hall–Kier alpha value is -2.33. The van der Waals surface area contributed by atoms with Crippen LogP contribution < -0.4 is 4.31 Å². The molecule has 23 heavy (non-hydrogen) atoms. The highest BCUT2D eigenvalue weighted by Gasteiger charge is 2.31. The van der Waals surface area contributed by atoms with Crippen molar-refractivity contribution in [1.29, 1.82) is 5.26 Å². The molecule has 0 atom stereocenters. The van der Waals surface area contributed by atoms with Gasteiger partial charge in [0.15, 0.2) is 0 Å². The minimum Gasteiger partial charge on any atom is -0.335 e. The maximum absolute atomic E-state index is 14.6. The Labute approximate surface area is 134 Å². The van der Waals surface area contributed by atoms with Crippen LogP contribution in [0.2, 0.25) is 0 Å². The van der Waals surface area contributed by atoms with E-state index in [-0.39, 0.29) is 18.0 Å². The largest absolute Gasteiger partial charge is 0.335 e. The molecular weight excluding hydrogens is 317 g/mol. The molecule has 1 aliphatic rings. The zero-order chi connectivity index (χ0) is 16.8. The van der Waals surface area contributed by atoms with Gasteiger partial charge in [0.1, 0.15) is 17.6 Å². The van der Waals surface area contributed by atoms with Gasteiger partial charge in [-0.1, -0.05) is 0 Å². The molecule has 0 radical (unpaired) electrons. The predicted octanol–water partition coefficient (Wildman–Crippen LogP) is 2.42. The van der Waals surface area contributed by atoms with Crippen LogP contribution in [0.5, 0.6) is 0 Å². The number of hydrogen-bond donors (Lipinski definition) is 0. The summed E-state index contributed by atoms with van der Waals surface area (Å²) in [5.41, 5.74) is 2.68. The Bertz CT molecular complexity index is 926. The first-order valence-corrected chi connectivity index (χ1v) is 8.89. The van der Waals surface area contributed by atoms with Crippen molar-refractivity contribution >= 4 is 15.7 Å². The lowest BCUT2D eigenvalue weighted by molar-refractivity contribution is 0.589. The lowest BCUT2D eigenvalue weighted by Gasteiger charge is -2.19. The van der Waals surface area contributed by atoms with Gasteiger partial charge in [-0.05, 0) is 43.2 Å². The first-order chi connectivity index (χ1) is 10.9. The summed E-state index contributed by atoms with van der Waals surface area (Å²) in [5.74, 6) is -0.608. The Morgan fingerprint density at radius 2 is 2.09 bits per heavy atom. The van der Waals surface area contributed by atoms with E-state index in [1.807, 2.05) is 0 Å². The molecule has 0 N–H and O–H groups in total. The molecule has 1 aromatic heterocycles. The van der Waals surface area contributed by atoms with Gasteiger partial charge in [-0.15, -0.1) is 0 Å². The fourth-order valence-electron chi connectivity index (χ4n) is 2.95. The molecule has 7 heteroatoms. The highest BCUT2D eigenvalue weighted by molar-refractivity contribution is 7.92. The molecule has 0 unspecified atom stereocenters. The molecular formula is C16H16FN3O2S. The van der Waals surface area contributed by atoms with E-state index >= 15 is 0 Å². The molecule has 120 valence electrons. The van der Waals surface area contributed by atoms with Crippen LogP contribution in [0.25, 0.3) is 11.3 Å². The van der Waals surface area contributed by atoms with Crippen molar-refractivity contribution in [3.63, 3.8) is 0 Å². The minimum atomic E-state index is -3.47. The maximum Gasteiger partial charge on any atom is 0.234 e. The summed E-state index contributed by atoms with van der Waals surface area (Å²) in [6, 6.07) is 8.64. The number of sulfonamides is 1. The molecule has 0 amide bonds. The van der Waals surface area contributed by atoms with Gasteiger partial charge in [-0.2, -0.15) is 5.26 Å². The number of anilines is 1. The number of nitriles is 1. The van der Waals surface area contributed by atoms with E-state index in [1.165, 1.54) is 6.07 Å². The number of benzene rings is 1. The predicted molar refractivity (Wildman–Crippen MR) is 86.0 cm³/mol. The van der Waals surface area contributed by atoms with Crippen molar-refractivity contribution in [2.45, 2.75) is 13.3 Å². The maximum atomic E-state index is 14.6. The number of nitrogens with zero attached hydrogens (tertiary/aromatic N) is 3.